The quantitative estimate of drug-likeness (QED) is 0.390. The molecule has 2 heterocycles. The average Bonchev–Trinajstić information content (AvgIpc) is 3.36. The predicted octanol–water partition coefficient (Wildman–Crippen LogP) is 0.445. The molecule has 0 saturated carbocycles. The molecule has 3 unspecified atom stereocenters. The van der Waals surface area contributed by atoms with E-state index in [0.717, 1.165) is 26.2 Å². The van der Waals surface area contributed by atoms with E-state index in [1.165, 1.54) is 0 Å². The highest BCUT2D eigenvalue weighted by molar-refractivity contribution is 6.67. The molecule has 6 nitrogen and oxygen atoms in total. The minimum absolute atomic E-state index is 0. The Morgan fingerprint density at radius 1 is 1.00 bits per heavy atom. The number of hydrogen-bond acceptors (Lipinski definition) is 6. The molecule has 0 bridgehead atoms. The van der Waals surface area contributed by atoms with Crippen LogP contribution < -0.4 is 0 Å². The average molecular weight is 369 g/mol. The van der Waals surface area contributed by atoms with Gasteiger partial charge in [-0.3, -0.25) is 0 Å². The largest absolute Gasteiger partial charge is 0.393 e. The third-order valence-electron chi connectivity index (χ3n) is 3.46. The monoisotopic (exact) mass is 368 g/mol. The van der Waals surface area contributed by atoms with Crippen LogP contribution >= 0.6 is 0 Å². The summed E-state index contributed by atoms with van der Waals surface area (Å²) >= 11 is 0. The Morgan fingerprint density at radius 2 is 1.48 bits per heavy atom. The van der Waals surface area contributed by atoms with Crippen LogP contribution in [0.4, 0.5) is 0 Å². The van der Waals surface area contributed by atoms with E-state index in [-0.39, 0.29) is 16.7 Å². The third kappa shape index (κ3) is 9.93. The van der Waals surface area contributed by atoms with Crippen molar-refractivity contribution in [3.63, 3.8) is 0 Å². The van der Waals surface area contributed by atoms with Crippen LogP contribution in [0.25, 0.3) is 0 Å². The summed E-state index contributed by atoms with van der Waals surface area (Å²) in [5.74, 6) is 0. The van der Waals surface area contributed by atoms with Gasteiger partial charge in [-0.15, -0.1) is 0 Å². The van der Waals surface area contributed by atoms with Crippen molar-refractivity contribution in [3.05, 3.63) is 0 Å². The second-order valence-electron chi connectivity index (χ2n) is 5.48. The van der Waals surface area contributed by atoms with Gasteiger partial charge in [0.1, 0.15) is 17.9 Å². The Balaban J connectivity index is 0.000000581. The van der Waals surface area contributed by atoms with E-state index in [1.807, 2.05) is 13.8 Å². The predicted molar refractivity (Wildman–Crippen MR) is 97.6 cm³/mol. The fourth-order valence-electron chi connectivity index (χ4n) is 2.18. The topological polar surface area (TPSA) is 62.0 Å². The van der Waals surface area contributed by atoms with Crippen LogP contribution in [-0.4, -0.2) is 84.2 Å². The molecular formula is C15H36O6Si2. The van der Waals surface area contributed by atoms with Crippen molar-refractivity contribution >= 4 is 19.5 Å². The molecule has 2 saturated heterocycles. The lowest BCUT2D eigenvalue weighted by atomic mass is 10.5. The van der Waals surface area contributed by atoms with Gasteiger partial charge in [-0.1, -0.05) is 6.92 Å². The van der Waals surface area contributed by atoms with Gasteiger partial charge >= 0.3 is 8.56 Å². The molecule has 2 rings (SSSR count). The molecule has 0 amide bonds. The van der Waals surface area contributed by atoms with Crippen molar-refractivity contribution in [2.45, 2.75) is 51.7 Å². The van der Waals surface area contributed by atoms with Gasteiger partial charge in [0.15, 0.2) is 0 Å². The fourth-order valence-corrected chi connectivity index (χ4v) is 4.92. The molecule has 8 heteroatoms. The van der Waals surface area contributed by atoms with Crippen molar-refractivity contribution in [3.8, 4) is 0 Å². The molecule has 23 heavy (non-hydrogen) atoms. The molecule has 0 aromatic rings. The zero-order chi connectivity index (χ0) is 16.4. The van der Waals surface area contributed by atoms with Crippen molar-refractivity contribution in [1.82, 2.24) is 0 Å². The number of ether oxygens (including phenoxy) is 4. The van der Waals surface area contributed by atoms with Gasteiger partial charge in [0.05, 0.1) is 26.4 Å². The lowest BCUT2D eigenvalue weighted by Gasteiger charge is -2.33. The first-order valence-corrected chi connectivity index (χ1v) is 10.6. The summed E-state index contributed by atoms with van der Waals surface area (Å²) in [6.07, 6.45) is 1.65. The summed E-state index contributed by atoms with van der Waals surface area (Å²) in [5, 5.41) is 0. The van der Waals surface area contributed by atoms with Gasteiger partial charge in [-0.2, -0.15) is 0 Å². The third-order valence-corrected chi connectivity index (χ3v) is 6.93. The summed E-state index contributed by atoms with van der Waals surface area (Å²) in [4.78, 5) is 0. The molecule has 0 spiro atoms. The summed E-state index contributed by atoms with van der Waals surface area (Å²) in [6, 6.07) is 0. The number of hydrogen-bond donors (Lipinski definition) is 0. The smallest absolute Gasteiger partial charge is 0.364 e. The molecule has 0 aliphatic carbocycles. The molecule has 0 aromatic carbocycles. The summed E-state index contributed by atoms with van der Waals surface area (Å²) in [5.41, 5.74) is 0.0941. The number of methoxy groups -OCH3 is 1. The second-order valence-corrected chi connectivity index (χ2v) is 8.73. The summed E-state index contributed by atoms with van der Waals surface area (Å²) in [7, 11) is -0.513. The van der Waals surface area contributed by atoms with E-state index in [2.05, 4.69) is 13.5 Å². The number of epoxide rings is 2. The summed E-state index contributed by atoms with van der Waals surface area (Å²) < 4.78 is 32.2. The zero-order valence-corrected chi connectivity index (χ0v) is 15.6. The Hall–Kier alpha value is 0.194. The van der Waals surface area contributed by atoms with Gasteiger partial charge in [-0.25, -0.2) is 0 Å². The van der Waals surface area contributed by atoms with E-state index in [4.69, 9.17) is 27.8 Å². The molecule has 0 radical (unpaired) electrons. The van der Waals surface area contributed by atoms with Crippen molar-refractivity contribution in [2.24, 2.45) is 0 Å². The van der Waals surface area contributed by atoms with E-state index < -0.39 is 8.56 Å². The van der Waals surface area contributed by atoms with E-state index in [0.29, 0.717) is 32.0 Å². The van der Waals surface area contributed by atoms with E-state index in [9.17, 15) is 0 Å². The van der Waals surface area contributed by atoms with Gasteiger partial charge in [0, 0.05) is 20.3 Å². The Morgan fingerprint density at radius 3 is 1.78 bits per heavy atom. The van der Waals surface area contributed by atoms with E-state index >= 15 is 0 Å². The molecule has 2 fully saturated rings. The summed E-state index contributed by atoms with van der Waals surface area (Å²) in [6.45, 7) is 12.7. The first kappa shape index (κ1) is 23.2. The van der Waals surface area contributed by atoms with Gasteiger partial charge in [0.2, 0.25) is 0 Å². The zero-order valence-electron chi connectivity index (χ0n) is 14.6. The molecule has 0 aromatic heterocycles. The lowest BCUT2D eigenvalue weighted by Crippen LogP contribution is -2.52. The van der Waals surface area contributed by atoms with Gasteiger partial charge in [-0.05, 0) is 37.8 Å². The Labute approximate surface area is 146 Å². The maximum absolute atomic E-state index is 5.87. The number of rotatable bonds is 11. The minimum atomic E-state index is -2.20. The SMILES string of the molecule is CCO[Si](C)(OCC)C(CC)OCC1CO1.COCC1CO1.[SiH4]. The standard InChI is InChI=1S/C11H24O4Si.C4H8O2.H4Si/c1-5-11(13-9-10-8-12-10)16(4,14-6-2)15-7-3;1-5-2-4-3-6-4;/h10-11H,5-9H2,1-4H3;4H,2-3H2,1H3;1H4. The Bertz CT molecular complexity index is 281. The van der Waals surface area contributed by atoms with Crippen LogP contribution in [0.2, 0.25) is 6.55 Å². The van der Waals surface area contributed by atoms with Crippen molar-refractivity contribution < 1.29 is 27.8 Å². The maximum Gasteiger partial charge on any atom is 0.364 e. The van der Waals surface area contributed by atoms with Crippen molar-refractivity contribution in [1.29, 1.82) is 0 Å². The second kappa shape index (κ2) is 12.5. The fraction of sp³-hybridized carbons (Fsp3) is 1.00. The molecule has 2 aliphatic rings. The van der Waals surface area contributed by atoms with Crippen LogP contribution in [0.15, 0.2) is 0 Å². The van der Waals surface area contributed by atoms with Crippen LogP contribution in [0, 0.1) is 0 Å². The van der Waals surface area contributed by atoms with E-state index in [1.54, 1.807) is 7.11 Å². The highest BCUT2D eigenvalue weighted by Gasteiger charge is 2.41. The molecule has 0 N–H and O–H groups in total. The van der Waals surface area contributed by atoms with Crippen LogP contribution in [0.3, 0.4) is 0 Å². The van der Waals surface area contributed by atoms with Crippen LogP contribution in [0.5, 0.6) is 0 Å². The van der Waals surface area contributed by atoms with Gasteiger partial charge in [0.25, 0.3) is 0 Å². The van der Waals surface area contributed by atoms with Crippen LogP contribution in [0.1, 0.15) is 27.2 Å². The van der Waals surface area contributed by atoms with Crippen molar-refractivity contribution in [2.75, 3.05) is 46.8 Å². The molecule has 3 atom stereocenters. The van der Waals surface area contributed by atoms with Gasteiger partial charge < -0.3 is 27.8 Å². The lowest BCUT2D eigenvalue weighted by molar-refractivity contribution is 0.0390. The van der Waals surface area contributed by atoms with Crippen LogP contribution in [-0.2, 0) is 27.8 Å². The maximum atomic E-state index is 5.87. The minimum Gasteiger partial charge on any atom is -0.393 e. The highest BCUT2D eigenvalue weighted by Crippen LogP contribution is 2.21. The first-order chi connectivity index (χ1) is 10.6. The Kier molecular flexibility index (Phi) is 12.6. The first-order valence-electron chi connectivity index (χ1n) is 8.21. The molecular weight excluding hydrogens is 332 g/mol. The molecule has 2 aliphatic heterocycles. The normalized spacial score (nSPS) is 23.3. The molecule has 140 valence electrons. The highest BCUT2D eigenvalue weighted by atomic mass is 28.4.